The zero-order valence-electron chi connectivity index (χ0n) is 13.6. The van der Waals surface area contributed by atoms with Gasteiger partial charge in [0, 0.05) is 29.4 Å². The number of hydrogen-bond acceptors (Lipinski definition) is 5. The Morgan fingerprint density at radius 3 is 2.76 bits per heavy atom. The minimum Gasteiger partial charge on any atom is -0.324 e. The van der Waals surface area contributed by atoms with Gasteiger partial charge >= 0.3 is 0 Å². The number of hydrogen-bond donors (Lipinski definition) is 1. The number of nitrogens with zero attached hydrogens (tertiary/aromatic N) is 3. The normalized spacial score (nSPS) is 10.9. The van der Waals surface area contributed by atoms with Crippen molar-refractivity contribution in [3.05, 3.63) is 69.8 Å². The summed E-state index contributed by atoms with van der Waals surface area (Å²) in [4.78, 5) is 21.8. The molecule has 0 saturated carbocycles. The van der Waals surface area contributed by atoms with Crippen LogP contribution in [0.5, 0.6) is 0 Å². The van der Waals surface area contributed by atoms with Crippen molar-refractivity contribution in [2.24, 2.45) is 0 Å². The van der Waals surface area contributed by atoms with E-state index in [9.17, 15) is 4.79 Å². The summed E-state index contributed by atoms with van der Waals surface area (Å²) in [6, 6.07) is 13.6. The fourth-order valence-electron chi connectivity index (χ4n) is 2.79. The SMILES string of the molecule is CCn1c(=O)c(-c2ccsc2)cc2cnc(Nc3ccccc3)nc21. The lowest BCUT2D eigenvalue weighted by atomic mass is 10.1. The second-order valence-corrected chi connectivity index (χ2v) is 6.36. The number of para-hydroxylation sites is 1. The molecule has 3 heterocycles. The van der Waals surface area contributed by atoms with E-state index in [1.54, 1.807) is 22.1 Å². The Morgan fingerprint density at radius 2 is 2.04 bits per heavy atom. The van der Waals surface area contributed by atoms with Crippen molar-refractivity contribution in [1.29, 1.82) is 0 Å². The van der Waals surface area contributed by atoms with Gasteiger partial charge in [-0.1, -0.05) is 18.2 Å². The van der Waals surface area contributed by atoms with Crippen LogP contribution in [0.2, 0.25) is 0 Å². The topological polar surface area (TPSA) is 59.8 Å². The second-order valence-electron chi connectivity index (χ2n) is 5.58. The van der Waals surface area contributed by atoms with E-state index < -0.39 is 0 Å². The van der Waals surface area contributed by atoms with Crippen LogP contribution in [-0.2, 0) is 6.54 Å². The molecule has 1 aromatic carbocycles. The molecule has 0 aliphatic rings. The summed E-state index contributed by atoms with van der Waals surface area (Å²) in [5, 5.41) is 7.97. The van der Waals surface area contributed by atoms with Crippen molar-refractivity contribution >= 4 is 34.0 Å². The van der Waals surface area contributed by atoms with Gasteiger partial charge in [-0.15, -0.1) is 0 Å². The number of benzene rings is 1. The smallest absolute Gasteiger partial charge is 0.260 e. The van der Waals surface area contributed by atoms with Crippen LogP contribution < -0.4 is 10.9 Å². The zero-order chi connectivity index (χ0) is 17.2. The molecule has 0 aliphatic carbocycles. The van der Waals surface area contributed by atoms with Gasteiger partial charge in [-0.25, -0.2) is 4.98 Å². The summed E-state index contributed by atoms with van der Waals surface area (Å²) in [7, 11) is 0. The molecule has 4 aromatic rings. The molecule has 0 amide bonds. The molecule has 0 unspecified atom stereocenters. The zero-order valence-corrected chi connectivity index (χ0v) is 14.5. The molecule has 6 heteroatoms. The van der Waals surface area contributed by atoms with E-state index >= 15 is 0 Å². The summed E-state index contributed by atoms with van der Waals surface area (Å²) >= 11 is 1.58. The van der Waals surface area contributed by atoms with Crippen LogP contribution >= 0.6 is 11.3 Å². The lowest BCUT2D eigenvalue weighted by molar-refractivity contribution is 0.751. The Bertz CT molecular complexity index is 1070. The third-order valence-corrected chi connectivity index (χ3v) is 4.69. The molecule has 3 aromatic heterocycles. The third kappa shape index (κ3) is 2.92. The molecule has 0 aliphatic heterocycles. The first-order chi connectivity index (χ1) is 12.3. The first-order valence-corrected chi connectivity index (χ1v) is 8.96. The van der Waals surface area contributed by atoms with Crippen LogP contribution in [0, 0.1) is 0 Å². The minimum atomic E-state index is -0.0299. The van der Waals surface area contributed by atoms with Gasteiger partial charge in [-0.3, -0.25) is 9.36 Å². The molecule has 0 fully saturated rings. The van der Waals surface area contributed by atoms with E-state index in [1.165, 1.54) is 0 Å². The van der Waals surface area contributed by atoms with Crippen molar-refractivity contribution in [1.82, 2.24) is 14.5 Å². The summed E-state index contributed by atoms with van der Waals surface area (Å²) in [6.07, 6.45) is 1.76. The van der Waals surface area contributed by atoms with E-state index in [0.717, 1.165) is 16.6 Å². The summed E-state index contributed by atoms with van der Waals surface area (Å²) in [5.41, 5.74) is 3.13. The maximum Gasteiger partial charge on any atom is 0.260 e. The number of nitrogens with one attached hydrogen (secondary N) is 1. The molecule has 0 spiro atoms. The number of aryl methyl sites for hydroxylation is 1. The van der Waals surface area contributed by atoms with E-state index in [-0.39, 0.29) is 5.56 Å². The standard InChI is InChI=1S/C19H16N4OS/c1-2-23-17-14(10-16(18(23)24)13-8-9-25-12-13)11-20-19(22-17)21-15-6-4-3-5-7-15/h3-12H,2H2,1H3,(H,20,21,22). The highest BCUT2D eigenvalue weighted by Gasteiger charge is 2.12. The van der Waals surface area contributed by atoms with Crippen molar-refractivity contribution in [2.45, 2.75) is 13.5 Å². The summed E-state index contributed by atoms with van der Waals surface area (Å²) in [5.74, 6) is 0.476. The number of rotatable bonds is 4. The van der Waals surface area contributed by atoms with Gasteiger partial charge in [0.1, 0.15) is 5.65 Å². The molecular weight excluding hydrogens is 332 g/mol. The van der Waals surface area contributed by atoms with Crippen LogP contribution in [0.1, 0.15) is 6.92 Å². The van der Waals surface area contributed by atoms with E-state index in [2.05, 4.69) is 15.3 Å². The van der Waals surface area contributed by atoms with Gasteiger partial charge in [0.2, 0.25) is 5.95 Å². The number of fused-ring (bicyclic) bond motifs is 1. The van der Waals surface area contributed by atoms with Gasteiger partial charge < -0.3 is 5.32 Å². The molecule has 5 nitrogen and oxygen atoms in total. The van der Waals surface area contributed by atoms with Gasteiger partial charge in [0.05, 0.1) is 0 Å². The largest absolute Gasteiger partial charge is 0.324 e. The maximum absolute atomic E-state index is 12.9. The summed E-state index contributed by atoms with van der Waals surface area (Å²) < 4.78 is 1.69. The molecular formula is C19H16N4OS. The Kier molecular flexibility index (Phi) is 4.03. The number of thiophene rings is 1. The highest BCUT2D eigenvalue weighted by atomic mass is 32.1. The monoisotopic (exact) mass is 348 g/mol. The van der Waals surface area contributed by atoms with E-state index in [1.807, 2.05) is 60.1 Å². The number of pyridine rings is 1. The highest BCUT2D eigenvalue weighted by molar-refractivity contribution is 7.08. The third-order valence-electron chi connectivity index (χ3n) is 4.01. The fourth-order valence-corrected chi connectivity index (χ4v) is 3.44. The number of aromatic nitrogens is 3. The van der Waals surface area contributed by atoms with Gasteiger partial charge in [0.25, 0.3) is 5.56 Å². The molecule has 124 valence electrons. The van der Waals surface area contributed by atoms with E-state index in [4.69, 9.17) is 0 Å². The average Bonchev–Trinajstić information content (AvgIpc) is 3.17. The van der Waals surface area contributed by atoms with E-state index in [0.29, 0.717) is 23.7 Å². The lowest BCUT2D eigenvalue weighted by Crippen LogP contribution is -2.22. The maximum atomic E-state index is 12.9. The predicted molar refractivity (Wildman–Crippen MR) is 103 cm³/mol. The van der Waals surface area contributed by atoms with Crippen molar-refractivity contribution in [2.75, 3.05) is 5.32 Å². The van der Waals surface area contributed by atoms with Gasteiger partial charge in [0.15, 0.2) is 0 Å². The molecule has 0 bridgehead atoms. The quantitative estimate of drug-likeness (QED) is 0.598. The highest BCUT2D eigenvalue weighted by Crippen LogP contribution is 2.23. The molecule has 4 rings (SSSR count). The molecule has 0 atom stereocenters. The number of anilines is 2. The fraction of sp³-hybridized carbons (Fsp3) is 0.105. The van der Waals surface area contributed by atoms with Crippen LogP contribution in [0.4, 0.5) is 11.6 Å². The Labute approximate surface area is 148 Å². The van der Waals surface area contributed by atoms with Crippen LogP contribution in [-0.4, -0.2) is 14.5 Å². The summed E-state index contributed by atoms with van der Waals surface area (Å²) in [6.45, 7) is 2.50. The molecule has 25 heavy (non-hydrogen) atoms. The molecule has 0 radical (unpaired) electrons. The molecule has 1 N–H and O–H groups in total. The van der Waals surface area contributed by atoms with Crippen LogP contribution in [0.3, 0.4) is 0 Å². The van der Waals surface area contributed by atoms with Gasteiger partial charge in [-0.05, 0) is 47.5 Å². The average molecular weight is 348 g/mol. The first kappa shape index (κ1) is 15.5. The molecule has 0 saturated heterocycles. The Balaban J connectivity index is 1.85. The van der Waals surface area contributed by atoms with Crippen molar-refractivity contribution in [3.63, 3.8) is 0 Å². The van der Waals surface area contributed by atoms with Gasteiger partial charge in [-0.2, -0.15) is 16.3 Å². The second kappa shape index (κ2) is 6.49. The minimum absolute atomic E-state index is 0.0299. The Hall–Kier alpha value is -2.99. The van der Waals surface area contributed by atoms with Crippen molar-refractivity contribution in [3.8, 4) is 11.1 Å². The Morgan fingerprint density at radius 1 is 1.20 bits per heavy atom. The van der Waals surface area contributed by atoms with Crippen LogP contribution in [0.15, 0.2) is 64.2 Å². The van der Waals surface area contributed by atoms with Crippen molar-refractivity contribution < 1.29 is 0 Å². The lowest BCUT2D eigenvalue weighted by Gasteiger charge is -2.11. The first-order valence-electron chi connectivity index (χ1n) is 8.01. The van der Waals surface area contributed by atoms with Crippen LogP contribution in [0.25, 0.3) is 22.2 Å². The predicted octanol–water partition coefficient (Wildman–Crippen LogP) is 4.28.